The monoisotopic (exact) mass is 418 g/mol. The number of carbonyl (C=O) groups is 2. The number of rotatable bonds is 9. The van der Waals surface area contributed by atoms with Crippen LogP contribution < -0.4 is 5.32 Å². The van der Waals surface area contributed by atoms with E-state index in [-0.39, 0.29) is 11.8 Å². The molecule has 0 saturated carbocycles. The van der Waals surface area contributed by atoms with Crippen LogP contribution in [0.15, 0.2) is 48.5 Å². The fourth-order valence-electron chi connectivity index (χ4n) is 3.00. The van der Waals surface area contributed by atoms with Crippen LogP contribution in [-0.4, -0.2) is 35.6 Å². The van der Waals surface area contributed by atoms with Crippen molar-refractivity contribution in [3.05, 3.63) is 70.2 Å². The summed E-state index contributed by atoms with van der Waals surface area (Å²) < 4.78 is 0. The lowest BCUT2D eigenvalue weighted by molar-refractivity contribution is -0.139. The summed E-state index contributed by atoms with van der Waals surface area (Å²) in [6.07, 6.45) is 0.540. The van der Waals surface area contributed by atoms with Gasteiger partial charge >= 0.3 is 0 Å². The maximum absolute atomic E-state index is 13.0. The molecule has 0 unspecified atom stereocenters. The maximum Gasteiger partial charge on any atom is 0.242 e. The number of nitrogens with one attached hydrogen (secondary N) is 1. The van der Waals surface area contributed by atoms with Gasteiger partial charge in [0.05, 0.1) is 5.75 Å². The highest BCUT2D eigenvalue weighted by Crippen LogP contribution is 2.22. The SMILES string of the molecule is CC[C@H](C(=O)NC)N(Cc1ccccc1Cl)C(=O)CSCc1ccccc1C. The molecule has 0 spiro atoms. The Morgan fingerprint density at radius 3 is 2.36 bits per heavy atom. The van der Waals surface area contributed by atoms with Crippen molar-refractivity contribution in [1.29, 1.82) is 0 Å². The number of likely N-dealkylation sites (N-methyl/N-ethyl adjacent to an activating group) is 1. The Morgan fingerprint density at radius 1 is 1.11 bits per heavy atom. The average Bonchev–Trinajstić information content (AvgIpc) is 2.70. The van der Waals surface area contributed by atoms with E-state index in [9.17, 15) is 9.59 Å². The van der Waals surface area contributed by atoms with Crippen LogP contribution in [0.25, 0.3) is 0 Å². The highest BCUT2D eigenvalue weighted by molar-refractivity contribution is 7.99. The van der Waals surface area contributed by atoms with Crippen LogP contribution in [-0.2, 0) is 21.9 Å². The van der Waals surface area contributed by atoms with Crippen LogP contribution in [0.2, 0.25) is 5.02 Å². The minimum Gasteiger partial charge on any atom is -0.357 e. The second-order valence-corrected chi connectivity index (χ2v) is 7.96. The van der Waals surface area contributed by atoms with Gasteiger partial charge in [0.15, 0.2) is 0 Å². The Hall–Kier alpha value is -1.98. The molecule has 2 rings (SSSR count). The number of thioether (sulfide) groups is 1. The summed E-state index contributed by atoms with van der Waals surface area (Å²) in [6.45, 7) is 4.29. The lowest BCUT2D eigenvalue weighted by Crippen LogP contribution is -2.48. The van der Waals surface area contributed by atoms with Gasteiger partial charge in [0.25, 0.3) is 0 Å². The number of benzene rings is 2. The first-order valence-electron chi connectivity index (χ1n) is 9.34. The van der Waals surface area contributed by atoms with Gasteiger partial charge < -0.3 is 10.2 Å². The van der Waals surface area contributed by atoms with E-state index in [2.05, 4.69) is 24.4 Å². The lowest BCUT2D eigenvalue weighted by Gasteiger charge is -2.30. The Kier molecular flexibility index (Phi) is 8.87. The van der Waals surface area contributed by atoms with Gasteiger partial charge in [-0.15, -0.1) is 11.8 Å². The predicted molar refractivity (Wildman–Crippen MR) is 117 cm³/mol. The summed E-state index contributed by atoms with van der Waals surface area (Å²) >= 11 is 7.86. The van der Waals surface area contributed by atoms with E-state index in [1.165, 1.54) is 11.1 Å². The molecule has 0 radical (unpaired) electrons. The number of hydrogen-bond acceptors (Lipinski definition) is 3. The normalized spacial score (nSPS) is 11.7. The molecular formula is C22H27ClN2O2S. The zero-order valence-corrected chi connectivity index (χ0v) is 18.1. The van der Waals surface area contributed by atoms with E-state index >= 15 is 0 Å². The van der Waals surface area contributed by atoms with E-state index in [1.54, 1.807) is 29.8 Å². The molecule has 28 heavy (non-hydrogen) atoms. The smallest absolute Gasteiger partial charge is 0.242 e. The fraction of sp³-hybridized carbons (Fsp3) is 0.364. The molecule has 2 aromatic rings. The van der Waals surface area contributed by atoms with Gasteiger partial charge in [-0.2, -0.15) is 0 Å². The Balaban J connectivity index is 2.12. The van der Waals surface area contributed by atoms with Crippen molar-refractivity contribution in [1.82, 2.24) is 10.2 Å². The van der Waals surface area contributed by atoms with Crippen molar-refractivity contribution < 1.29 is 9.59 Å². The average molecular weight is 419 g/mol. The van der Waals surface area contributed by atoms with Crippen LogP contribution in [0.1, 0.15) is 30.0 Å². The van der Waals surface area contributed by atoms with E-state index in [0.717, 1.165) is 11.3 Å². The van der Waals surface area contributed by atoms with Crippen LogP contribution in [0.3, 0.4) is 0 Å². The number of amides is 2. The van der Waals surface area contributed by atoms with Gasteiger partial charge in [-0.3, -0.25) is 9.59 Å². The highest BCUT2D eigenvalue weighted by Gasteiger charge is 2.28. The largest absolute Gasteiger partial charge is 0.357 e. The van der Waals surface area contributed by atoms with Crippen molar-refractivity contribution in [2.75, 3.05) is 12.8 Å². The molecule has 4 nitrogen and oxygen atoms in total. The third kappa shape index (κ3) is 6.01. The number of halogens is 1. The summed E-state index contributed by atoms with van der Waals surface area (Å²) in [6, 6.07) is 15.1. The molecule has 0 heterocycles. The van der Waals surface area contributed by atoms with Crippen LogP contribution in [0.5, 0.6) is 0 Å². The van der Waals surface area contributed by atoms with Crippen molar-refractivity contribution in [3.63, 3.8) is 0 Å². The summed E-state index contributed by atoms with van der Waals surface area (Å²) in [5.74, 6) is 0.849. The minimum absolute atomic E-state index is 0.0612. The molecule has 0 aliphatic rings. The number of hydrogen-bond donors (Lipinski definition) is 1. The Bertz CT molecular complexity index is 813. The first-order chi connectivity index (χ1) is 13.5. The molecule has 0 fully saturated rings. The van der Waals surface area contributed by atoms with Crippen molar-refractivity contribution >= 4 is 35.2 Å². The van der Waals surface area contributed by atoms with Gasteiger partial charge in [-0.25, -0.2) is 0 Å². The fourth-order valence-corrected chi connectivity index (χ4v) is 4.18. The topological polar surface area (TPSA) is 49.4 Å². The van der Waals surface area contributed by atoms with E-state index < -0.39 is 6.04 Å². The van der Waals surface area contributed by atoms with Crippen LogP contribution in [0.4, 0.5) is 0 Å². The summed E-state index contributed by atoms with van der Waals surface area (Å²) in [5, 5.41) is 3.27. The second-order valence-electron chi connectivity index (χ2n) is 6.57. The molecular weight excluding hydrogens is 392 g/mol. The molecule has 0 saturated heterocycles. The first kappa shape index (κ1) is 22.3. The van der Waals surface area contributed by atoms with Crippen molar-refractivity contribution in [3.8, 4) is 0 Å². The molecule has 6 heteroatoms. The van der Waals surface area contributed by atoms with E-state index in [0.29, 0.717) is 23.7 Å². The Labute approximate surface area is 176 Å². The summed E-state index contributed by atoms with van der Waals surface area (Å²) in [5.41, 5.74) is 3.27. The third-order valence-electron chi connectivity index (χ3n) is 4.68. The van der Waals surface area contributed by atoms with Gasteiger partial charge in [0.1, 0.15) is 6.04 Å². The molecule has 150 valence electrons. The van der Waals surface area contributed by atoms with E-state index in [4.69, 9.17) is 11.6 Å². The maximum atomic E-state index is 13.0. The van der Waals surface area contributed by atoms with Gasteiger partial charge in [-0.05, 0) is 36.1 Å². The van der Waals surface area contributed by atoms with Crippen LogP contribution in [0, 0.1) is 6.92 Å². The second kappa shape index (κ2) is 11.1. The van der Waals surface area contributed by atoms with Crippen molar-refractivity contribution in [2.45, 2.75) is 38.6 Å². The number of aryl methyl sites for hydroxylation is 1. The first-order valence-corrected chi connectivity index (χ1v) is 10.9. The highest BCUT2D eigenvalue weighted by atomic mass is 35.5. The molecule has 1 atom stereocenters. The van der Waals surface area contributed by atoms with Crippen LogP contribution >= 0.6 is 23.4 Å². The molecule has 0 aromatic heterocycles. The van der Waals surface area contributed by atoms with Crippen molar-refractivity contribution in [2.24, 2.45) is 0 Å². The standard InChI is InChI=1S/C22H27ClN2O2S/c1-4-20(22(27)24-3)25(13-17-10-7-8-12-19(17)23)21(26)15-28-14-18-11-6-5-9-16(18)2/h5-12,20H,4,13-15H2,1-3H3,(H,24,27)/t20-/m1/s1. The van der Waals surface area contributed by atoms with Gasteiger partial charge in [0, 0.05) is 24.4 Å². The summed E-state index contributed by atoms with van der Waals surface area (Å²) in [7, 11) is 1.59. The summed E-state index contributed by atoms with van der Waals surface area (Å²) in [4.78, 5) is 27.0. The predicted octanol–water partition coefficient (Wildman–Crippen LogP) is 4.44. The molecule has 0 bridgehead atoms. The lowest BCUT2D eigenvalue weighted by atomic mass is 10.1. The third-order valence-corrected chi connectivity index (χ3v) is 6.01. The molecule has 0 aliphatic carbocycles. The minimum atomic E-state index is -0.521. The number of nitrogens with zero attached hydrogens (tertiary/aromatic N) is 1. The van der Waals surface area contributed by atoms with Gasteiger partial charge in [-0.1, -0.05) is 61.0 Å². The molecule has 0 aliphatic heterocycles. The number of carbonyl (C=O) groups excluding carboxylic acids is 2. The zero-order valence-electron chi connectivity index (χ0n) is 16.6. The molecule has 2 amide bonds. The van der Waals surface area contributed by atoms with Gasteiger partial charge in [0.2, 0.25) is 11.8 Å². The van der Waals surface area contributed by atoms with E-state index in [1.807, 2.05) is 37.3 Å². The molecule has 1 N–H and O–H groups in total. The quantitative estimate of drug-likeness (QED) is 0.655. The Morgan fingerprint density at radius 2 is 1.75 bits per heavy atom. The zero-order chi connectivity index (χ0) is 20.5. The molecule has 2 aromatic carbocycles.